The van der Waals surface area contributed by atoms with Crippen LogP contribution in [0.3, 0.4) is 0 Å². The molecule has 1 aromatic carbocycles. The molecule has 2 aromatic rings. The maximum absolute atomic E-state index is 3.72. The topological polar surface area (TPSA) is 15.8 Å². The van der Waals surface area contributed by atoms with E-state index in [1.165, 1.54) is 68.0 Å². The first kappa shape index (κ1) is 13.4. The van der Waals surface area contributed by atoms with Crippen LogP contribution < -0.4 is 0 Å². The van der Waals surface area contributed by atoms with Gasteiger partial charge < -0.3 is 4.98 Å². The second kappa shape index (κ2) is 5.51. The fraction of sp³-hybridized carbons (Fsp3) is 0.600. The Labute approximate surface area is 128 Å². The van der Waals surface area contributed by atoms with Crippen LogP contribution in [0.2, 0.25) is 0 Å². The van der Waals surface area contributed by atoms with Crippen LogP contribution in [0, 0.1) is 17.8 Å². The SMILES string of the molecule is CC[C@H]1CC2CCc3c([nH]c4ccccc34)CC[C@H](C2)C1. The van der Waals surface area contributed by atoms with Crippen LogP contribution >= 0.6 is 0 Å². The minimum atomic E-state index is 0.978. The second-order valence-corrected chi connectivity index (χ2v) is 7.42. The van der Waals surface area contributed by atoms with E-state index in [0.29, 0.717) is 0 Å². The van der Waals surface area contributed by atoms with Crippen LogP contribution in [0.15, 0.2) is 24.3 Å². The van der Waals surface area contributed by atoms with E-state index in [1.807, 2.05) is 0 Å². The number of para-hydroxylation sites is 1. The molecule has 4 rings (SSSR count). The van der Waals surface area contributed by atoms with E-state index in [0.717, 1.165) is 17.8 Å². The highest BCUT2D eigenvalue weighted by molar-refractivity contribution is 5.84. The zero-order valence-corrected chi connectivity index (χ0v) is 13.2. The Bertz CT molecular complexity index is 624. The number of nitrogens with one attached hydrogen (secondary N) is 1. The maximum Gasteiger partial charge on any atom is 0.0458 e. The Kier molecular flexibility index (Phi) is 3.52. The van der Waals surface area contributed by atoms with Crippen LogP contribution in [0.25, 0.3) is 10.9 Å². The number of benzene rings is 1. The Morgan fingerprint density at radius 1 is 1.00 bits per heavy atom. The number of aromatic amines is 1. The van der Waals surface area contributed by atoms with Gasteiger partial charge in [0.25, 0.3) is 0 Å². The molecule has 1 unspecified atom stereocenters. The monoisotopic (exact) mass is 281 g/mol. The van der Waals surface area contributed by atoms with Crippen LogP contribution in [-0.2, 0) is 12.8 Å². The van der Waals surface area contributed by atoms with Crippen molar-refractivity contribution in [2.75, 3.05) is 0 Å². The summed E-state index contributed by atoms with van der Waals surface area (Å²) in [6.07, 6.45) is 11.2. The van der Waals surface area contributed by atoms with Gasteiger partial charge in [-0.1, -0.05) is 31.5 Å². The van der Waals surface area contributed by atoms with Crippen molar-refractivity contribution in [3.8, 4) is 0 Å². The van der Waals surface area contributed by atoms with Crippen LogP contribution in [0.1, 0.15) is 56.7 Å². The number of aromatic nitrogens is 1. The van der Waals surface area contributed by atoms with Gasteiger partial charge in [0.15, 0.2) is 0 Å². The third-order valence-corrected chi connectivity index (χ3v) is 6.08. The summed E-state index contributed by atoms with van der Waals surface area (Å²) >= 11 is 0. The number of aryl methyl sites for hydroxylation is 2. The molecule has 0 aliphatic heterocycles. The molecule has 1 fully saturated rings. The van der Waals surface area contributed by atoms with Crippen LogP contribution in [0.5, 0.6) is 0 Å². The van der Waals surface area contributed by atoms with Crippen molar-refractivity contribution in [1.82, 2.24) is 4.98 Å². The summed E-state index contributed by atoms with van der Waals surface area (Å²) in [6, 6.07) is 8.89. The first-order valence-electron chi connectivity index (χ1n) is 8.92. The number of hydrogen-bond acceptors (Lipinski definition) is 0. The molecule has 112 valence electrons. The molecule has 1 heteroatoms. The quantitative estimate of drug-likeness (QED) is 0.711. The Morgan fingerprint density at radius 2 is 1.76 bits per heavy atom. The van der Waals surface area contributed by atoms with Crippen LogP contribution in [0.4, 0.5) is 0 Å². The van der Waals surface area contributed by atoms with Crippen molar-refractivity contribution in [3.05, 3.63) is 35.5 Å². The zero-order chi connectivity index (χ0) is 14.2. The zero-order valence-electron chi connectivity index (χ0n) is 13.2. The number of H-pyrrole nitrogens is 1. The van der Waals surface area contributed by atoms with Gasteiger partial charge in [-0.3, -0.25) is 0 Å². The number of rotatable bonds is 1. The lowest BCUT2D eigenvalue weighted by Crippen LogP contribution is -2.22. The predicted molar refractivity (Wildman–Crippen MR) is 89.6 cm³/mol. The molecule has 0 radical (unpaired) electrons. The molecule has 0 spiro atoms. The van der Waals surface area contributed by atoms with Gasteiger partial charge in [0.05, 0.1) is 0 Å². The van der Waals surface area contributed by atoms with Gasteiger partial charge in [-0.25, -0.2) is 0 Å². The van der Waals surface area contributed by atoms with Gasteiger partial charge in [0.1, 0.15) is 0 Å². The summed E-state index contributed by atoms with van der Waals surface area (Å²) in [5.74, 6) is 2.96. The molecule has 21 heavy (non-hydrogen) atoms. The third-order valence-electron chi connectivity index (χ3n) is 6.08. The Morgan fingerprint density at radius 3 is 2.57 bits per heavy atom. The summed E-state index contributed by atoms with van der Waals surface area (Å²) in [4.78, 5) is 3.72. The van der Waals surface area contributed by atoms with E-state index in [9.17, 15) is 0 Å². The molecule has 0 amide bonds. The Hall–Kier alpha value is -1.24. The van der Waals surface area contributed by atoms with E-state index in [2.05, 4.69) is 36.2 Å². The standard InChI is InChI=1S/C20H27N/c1-2-14-11-15-7-9-18-17-5-3-4-6-19(17)21-20(18)10-8-16(12-14)13-15/h3-6,14-16,21H,2,7-13H2,1H3/t14-,15?,16-/m0/s1. The fourth-order valence-electron chi connectivity index (χ4n) is 4.96. The molecule has 3 atom stereocenters. The summed E-state index contributed by atoms with van der Waals surface area (Å²) in [7, 11) is 0. The summed E-state index contributed by atoms with van der Waals surface area (Å²) in [6.45, 7) is 2.39. The summed E-state index contributed by atoms with van der Waals surface area (Å²) in [5.41, 5.74) is 4.52. The molecular weight excluding hydrogens is 254 g/mol. The lowest BCUT2D eigenvalue weighted by atomic mass is 9.72. The van der Waals surface area contributed by atoms with Crippen molar-refractivity contribution >= 4 is 10.9 Å². The average molecular weight is 281 g/mol. The van der Waals surface area contributed by atoms with Gasteiger partial charge in [-0.2, -0.15) is 0 Å². The molecule has 0 saturated heterocycles. The Balaban J connectivity index is 1.66. The van der Waals surface area contributed by atoms with E-state index in [1.54, 1.807) is 5.56 Å². The molecular formula is C20H27N. The maximum atomic E-state index is 3.72. The smallest absolute Gasteiger partial charge is 0.0458 e. The number of hydrogen-bond donors (Lipinski definition) is 1. The molecule has 1 N–H and O–H groups in total. The first-order valence-corrected chi connectivity index (χ1v) is 8.92. The first-order chi connectivity index (χ1) is 10.3. The van der Waals surface area contributed by atoms with Crippen molar-refractivity contribution in [2.45, 2.75) is 58.3 Å². The fourth-order valence-corrected chi connectivity index (χ4v) is 4.96. The third kappa shape index (κ3) is 2.52. The highest BCUT2D eigenvalue weighted by Crippen LogP contribution is 2.41. The molecule has 2 bridgehead atoms. The summed E-state index contributed by atoms with van der Waals surface area (Å²) in [5, 5.41) is 1.48. The average Bonchev–Trinajstić information content (AvgIpc) is 2.89. The van der Waals surface area contributed by atoms with Gasteiger partial charge >= 0.3 is 0 Å². The summed E-state index contributed by atoms with van der Waals surface area (Å²) < 4.78 is 0. The predicted octanol–water partition coefficient (Wildman–Crippen LogP) is 5.49. The molecule has 2 aliphatic carbocycles. The van der Waals surface area contributed by atoms with E-state index in [-0.39, 0.29) is 0 Å². The minimum absolute atomic E-state index is 0.978. The normalized spacial score (nSPS) is 29.5. The van der Waals surface area contributed by atoms with Gasteiger partial charge in [0, 0.05) is 16.6 Å². The largest absolute Gasteiger partial charge is 0.358 e. The molecule has 1 aromatic heterocycles. The van der Waals surface area contributed by atoms with Gasteiger partial charge in [-0.15, -0.1) is 0 Å². The highest BCUT2D eigenvalue weighted by Gasteiger charge is 2.29. The second-order valence-electron chi connectivity index (χ2n) is 7.42. The molecule has 2 aliphatic rings. The van der Waals surface area contributed by atoms with Crippen molar-refractivity contribution in [1.29, 1.82) is 0 Å². The van der Waals surface area contributed by atoms with Gasteiger partial charge in [-0.05, 0) is 74.3 Å². The van der Waals surface area contributed by atoms with E-state index in [4.69, 9.17) is 0 Å². The van der Waals surface area contributed by atoms with Crippen molar-refractivity contribution in [2.24, 2.45) is 17.8 Å². The van der Waals surface area contributed by atoms with Crippen LogP contribution in [-0.4, -0.2) is 4.98 Å². The molecule has 1 nitrogen and oxygen atoms in total. The molecule has 1 saturated carbocycles. The van der Waals surface area contributed by atoms with E-state index >= 15 is 0 Å². The highest BCUT2D eigenvalue weighted by atomic mass is 14.7. The molecule has 1 heterocycles. The number of fused-ring (bicyclic) bond motifs is 5. The van der Waals surface area contributed by atoms with Crippen molar-refractivity contribution in [3.63, 3.8) is 0 Å². The minimum Gasteiger partial charge on any atom is -0.358 e. The van der Waals surface area contributed by atoms with Gasteiger partial charge in [0.2, 0.25) is 0 Å². The lowest BCUT2D eigenvalue weighted by Gasteiger charge is -2.34. The van der Waals surface area contributed by atoms with Crippen molar-refractivity contribution < 1.29 is 0 Å². The van der Waals surface area contributed by atoms with E-state index < -0.39 is 0 Å². The lowest BCUT2D eigenvalue weighted by molar-refractivity contribution is 0.177.